The molecule has 2 aliphatic rings. The zero-order valence-corrected chi connectivity index (χ0v) is 12.4. The fourth-order valence-electron chi connectivity index (χ4n) is 3.35. The van der Waals surface area contributed by atoms with Crippen LogP contribution in [0.4, 0.5) is 0 Å². The molecule has 3 unspecified atom stereocenters. The second kappa shape index (κ2) is 6.21. The van der Waals surface area contributed by atoms with Gasteiger partial charge in [0.05, 0.1) is 0 Å². The fourth-order valence-corrected chi connectivity index (χ4v) is 4.03. The summed E-state index contributed by atoms with van der Waals surface area (Å²) in [4.78, 5) is 14.8. The average Bonchev–Trinajstić information content (AvgIpc) is 2.64. The maximum atomic E-state index is 12.6. The molecule has 98 valence electrons. The van der Waals surface area contributed by atoms with Crippen LogP contribution >= 0.6 is 15.9 Å². The topological polar surface area (TPSA) is 20.3 Å². The van der Waals surface area contributed by atoms with E-state index in [1.54, 1.807) is 0 Å². The number of likely N-dealkylation sites (tertiary alicyclic amines) is 1. The van der Waals surface area contributed by atoms with Crippen LogP contribution in [0, 0.1) is 11.8 Å². The quantitative estimate of drug-likeness (QED) is 0.714. The van der Waals surface area contributed by atoms with Crippen molar-refractivity contribution >= 4 is 21.8 Å². The molecule has 2 nitrogen and oxygen atoms in total. The Kier molecular flexibility index (Phi) is 4.89. The lowest BCUT2D eigenvalue weighted by Crippen LogP contribution is -2.44. The Morgan fingerprint density at radius 3 is 2.65 bits per heavy atom. The van der Waals surface area contributed by atoms with E-state index in [1.807, 2.05) is 0 Å². The van der Waals surface area contributed by atoms with E-state index in [2.05, 4.69) is 27.8 Å². The van der Waals surface area contributed by atoms with E-state index in [9.17, 15) is 4.79 Å². The van der Waals surface area contributed by atoms with E-state index in [0.29, 0.717) is 23.8 Å². The molecule has 1 saturated heterocycles. The van der Waals surface area contributed by atoms with Gasteiger partial charge in [0.1, 0.15) is 0 Å². The van der Waals surface area contributed by atoms with E-state index in [0.717, 1.165) is 18.3 Å². The van der Waals surface area contributed by atoms with Crippen molar-refractivity contribution in [1.82, 2.24) is 4.90 Å². The summed E-state index contributed by atoms with van der Waals surface area (Å²) >= 11 is 3.58. The normalized spacial score (nSPS) is 34.7. The second-order valence-corrected chi connectivity index (χ2v) is 6.35. The van der Waals surface area contributed by atoms with Crippen LogP contribution in [0.2, 0.25) is 0 Å². The van der Waals surface area contributed by atoms with E-state index in [1.165, 1.54) is 38.5 Å². The molecule has 2 rings (SSSR count). The van der Waals surface area contributed by atoms with Crippen LogP contribution in [-0.4, -0.2) is 28.7 Å². The molecule has 1 aliphatic carbocycles. The van der Waals surface area contributed by atoms with Gasteiger partial charge >= 0.3 is 0 Å². The van der Waals surface area contributed by atoms with Crippen LogP contribution in [-0.2, 0) is 4.79 Å². The summed E-state index contributed by atoms with van der Waals surface area (Å²) in [6, 6.07) is 0.442. The lowest BCUT2D eigenvalue weighted by atomic mass is 9.96. The van der Waals surface area contributed by atoms with Gasteiger partial charge in [-0.1, -0.05) is 42.1 Å². The highest BCUT2D eigenvalue weighted by Crippen LogP contribution is 2.34. The average molecular weight is 302 g/mol. The minimum absolute atomic E-state index is 0.314. The second-order valence-electron chi connectivity index (χ2n) is 5.70. The lowest BCUT2D eigenvalue weighted by Gasteiger charge is -2.32. The van der Waals surface area contributed by atoms with Gasteiger partial charge in [0, 0.05) is 23.8 Å². The van der Waals surface area contributed by atoms with Gasteiger partial charge in [0.25, 0.3) is 0 Å². The maximum absolute atomic E-state index is 12.6. The predicted octanol–water partition coefficient (Wildman–Crippen LogP) is 3.59. The number of hydrogen-bond donors (Lipinski definition) is 0. The molecule has 0 aromatic heterocycles. The minimum Gasteiger partial charge on any atom is -0.339 e. The summed E-state index contributed by atoms with van der Waals surface area (Å²) in [7, 11) is 0. The highest BCUT2D eigenvalue weighted by molar-refractivity contribution is 9.09. The summed E-state index contributed by atoms with van der Waals surface area (Å²) in [5.41, 5.74) is 0. The smallest absolute Gasteiger partial charge is 0.226 e. The lowest BCUT2D eigenvalue weighted by molar-refractivity contribution is -0.138. The van der Waals surface area contributed by atoms with Crippen molar-refractivity contribution in [3.05, 3.63) is 0 Å². The van der Waals surface area contributed by atoms with E-state index in [4.69, 9.17) is 0 Å². The van der Waals surface area contributed by atoms with Crippen molar-refractivity contribution in [2.24, 2.45) is 11.8 Å². The van der Waals surface area contributed by atoms with Gasteiger partial charge < -0.3 is 4.90 Å². The third-order valence-electron chi connectivity index (χ3n) is 4.52. The zero-order chi connectivity index (χ0) is 12.3. The van der Waals surface area contributed by atoms with Crippen molar-refractivity contribution in [3.63, 3.8) is 0 Å². The molecule has 1 amide bonds. The maximum Gasteiger partial charge on any atom is 0.226 e. The summed E-state index contributed by atoms with van der Waals surface area (Å²) in [5.74, 6) is 1.36. The fraction of sp³-hybridized carbons (Fsp3) is 0.929. The number of amides is 1. The first kappa shape index (κ1) is 13.4. The molecule has 0 aromatic rings. The Morgan fingerprint density at radius 1 is 1.18 bits per heavy atom. The number of carbonyl (C=O) groups is 1. The Morgan fingerprint density at radius 2 is 2.00 bits per heavy atom. The molecular weight excluding hydrogens is 278 g/mol. The van der Waals surface area contributed by atoms with E-state index < -0.39 is 0 Å². The Balaban J connectivity index is 2.04. The van der Waals surface area contributed by atoms with Gasteiger partial charge in [0.15, 0.2) is 0 Å². The van der Waals surface area contributed by atoms with Crippen molar-refractivity contribution < 1.29 is 4.79 Å². The van der Waals surface area contributed by atoms with Gasteiger partial charge in [-0.15, -0.1) is 0 Å². The molecule has 3 atom stereocenters. The molecule has 2 fully saturated rings. The summed E-state index contributed by atoms with van der Waals surface area (Å²) in [5, 5.41) is 0.944. The van der Waals surface area contributed by atoms with Crippen molar-refractivity contribution in [3.8, 4) is 0 Å². The summed E-state index contributed by atoms with van der Waals surface area (Å²) in [6.45, 7) is 3.23. The standard InChI is InChI=1S/C14H24BrNO/c1-11-6-5-8-13(11)14(17)16-9-4-2-3-7-12(16)10-15/h11-13H,2-10H2,1H3. The molecule has 1 saturated carbocycles. The minimum atomic E-state index is 0.314. The number of nitrogens with zero attached hydrogens (tertiary/aromatic N) is 1. The van der Waals surface area contributed by atoms with Gasteiger partial charge in [0.2, 0.25) is 5.91 Å². The highest BCUT2D eigenvalue weighted by atomic mass is 79.9. The molecule has 0 radical (unpaired) electrons. The first-order valence-corrected chi connectivity index (χ1v) is 8.22. The molecule has 0 bridgehead atoms. The molecule has 1 aliphatic heterocycles. The molecule has 17 heavy (non-hydrogen) atoms. The summed E-state index contributed by atoms with van der Waals surface area (Å²) in [6.07, 6.45) is 8.53. The van der Waals surface area contributed by atoms with Crippen molar-refractivity contribution in [2.75, 3.05) is 11.9 Å². The Labute approximate surface area is 113 Å². The monoisotopic (exact) mass is 301 g/mol. The van der Waals surface area contributed by atoms with Crippen LogP contribution in [0.15, 0.2) is 0 Å². The predicted molar refractivity (Wildman–Crippen MR) is 74.3 cm³/mol. The number of carbonyl (C=O) groups excluding carboxylic acids is 1. The van der Waals surface area contributed by atoms with Crippen LogP contribution in [0.1, 0.15) is 51.9 Å². The molecule has 0 aromatic carbocycles. The molecule has 0 spiro atoms. The van der Waals surface area contributed by atoms with E-state index in [-0.39, 0.29) is 0 Å². The largest absolute Gasteiger partial charge is 0.339 e. The van der Waals surface area contributed by atoms with Crippen LogP contribution < -0.4 is 0 Å². The van der Waals surface area contributed by atoms with Gasteiger partial charge in [-0.2, -0.15) is 0 Å². The Bertz CT molecular complexity index is 269. The number of hydrogen-bond acceptors (Lipinski definition) is 1. The van der Waals surface area contributed by atoms with Gasteiger partial charge in [-0.05, 0) is 31.6 Å². The van der Waals surface area contributed by atoms with Crippen LogP contribution in [0.5, 0.6) is 0 Å². The van der Waals surface area contributed by atoms with Crippen LogP contribution in [0.3, 0.4) is 0 Å². The third-order valence-corrected chi connectivity index (χ3v) is 5.26. The Hall–Kier alpha value is -0.0500. The first-order valence-electron chi connectivity index (χ1n) is 7.10. The first-order chi connectivity index (χ1) is 8.24. The van der Waals surface area contributed by atoms with Gasteiger partial charge in [-0.25, -0.2) is 0 Å². The SMILES string of the molecule is CC1CCCC1C(=O)N1CCCCCC1CBr. The molecular formula is C14H24BrNO. The third kappa shape index (κ3) is 3.04. The molecule has 0 N–H and O–H groups in total. The van der Waals surface area contributed by atoms with Crippen molar-refractivity contribution in [2.45, 2.75) is 57.9 Å². The van der Waals surface area contributed by atoms with Crippen molar-refractivity contribution in [1.29, 1.82) is 0 Å². The molecule has 3 heteroatoms. The van der Waals surface area contributed by atoms with E-state index >= 15 is 0 Å². The highest BCUT2D eigenvalue weighted by Gasteiger charge is 2.35. The summed E-state index contributed by atoms with van der Waals surface area (Å²) < 4.78 is 0. The van der Waals surface area contributed by atoms with Crippen LogP contribution in [0.25, 0.3) is 0 Å². The number of rotatable bonds is 2. The number of halogens is 1. The zero-order valence-electron chi connectivity index (χ0n) is 10.8. The molecule has 1 heterocycles. The van der Waals surface area contributed by atoms with Gasteiger partial charge in [-0.3, -0.25) is 4.79 Å². The number of alkyl halides is 1.